The van der Waals surface area contributed by atoms with E-state index in [9.17, 15) is 9.59 Å². The number of rotatable bonds is 4. The molecule has 1 aromatic carbocycles. The maximum Gasteiger partial charge on any atom is 0.231 e. The van der Waals surface area contributed by atoms with Gasteiger partial charge in [0.2, 0.25) is 11.8 Å². The minimum absolute atomic E-state index is 0.0278. The fraction of sp³-hybridized carbons (Fsp3) is 0.500. The molecule has 1 aromatic heterocycles. The van der Waals surface area contributed by atoms with Gasteiger partial charge in [-0.2, -0.15) is 0 Å². The summed E-state index contributed by atoms with van der Waals surface area (Å²) in [6.45, 7) is 3.14. The standard InChI is InChI=1S/C22H27N3O2S/c1-2-20(26)25-11-5-8-18(13-25)21(27)24-22-23-19(14-28-22)17-10-9-15-6-3-4-7-16(15)12-17/h9-10,12,14,18H,2-8,11,13H2,1H3,(H,23,24,27). The SMILES string of the molecule is CCC(=O)N1CCCC(C(=O)Nc2nc(-c3ccc4c(c3)CCCC4)cs2)C1. The number of benzene rings is 1. The van der Waals surface area contributed by atoms with Gasteiger partial charge in [0, 0.05) is 30.5 Å². The summed E-state index contributed by atoms with van der Waals surface area (Å²) >= 11 is 1.46. The van der Waals surface area contributed by atoms with Gasteiger partial charge in [0.05, 0.1) is 11.6 Å². The van der Waals surface area contributed by atoms with Crippen LogP contribution >= 0.6 is 11.3 Å². The number of aryl methyl sites for hydroxylation is 2. The zero-order chi connectivity index (χ0) is 19.5. The summed E-state index contributed by atoms with van der Waals surface area (Å²) in [6.07, 6.45) is 7.04. The van der Waals surface area contributed by atoms with Gasteiger partial charge in [-0.25, -0.2) is 4.98 Å². The lowest BCUT2D eigenvalue weighted by Crippen LogP contribution is -2.43. The maximum absolute atomic E-state index is 12.7. The van der Waals surface area contributed by atoms with Crippen LogP contribution in [0.25, 0.3) is 11.3 Å². The van der Waals surface area contributed by atoms with E-state index in [-0.39, 0.29) is 17.7 Å². The van der Waals surface area contributed by atoms with Crippen molar-refractivity contribution < 1.29 is 9.59 Å². The molecular formula is C22H27N3O2S. The summed E-state index contributed by atoms with van der Waals surface area (Å²) < 4.78 is 0. The fourth-order valence-electron chi connectivity index (χ4n) is 4.21. The molecule has 0 spiro atoms. The van der Waals surface area contributed by atoms with Crippen LogP contribution < -0.4 is 5.32 Å². The molecule has 2 heterocycles. The number of fused-ring (bicyclic) bond motifs is 1. The molecule has 2 aromatic rings. The van der Waals surface area contributed by atoms with Crippen LogP contribution in [-0.4, -0.2) is 34.8 Å². The summed E-state index contributed by atoms with van der Waals surface area (Å²) in [5.74, 6) is -0.0540. The number of thiazole rings is 1. The summed E-state index contributed by atoms with van der Waals surface area (Å²) in [5.41, 5.74) is 4.93. The number of carbonyl (C=O) groups excluding carboxylic acids is 2. The topological polar surface area (TPSA) is 62.3 Å². The molecule has 0 saturated carbocycles. The molecule has 1 saturated heterocycles. The third-order valence-electron chi connectivity index (χ3n) is 5.83. The summed E-state index contributed by atoms with van der Waals surface area (Å²) in [4.78, 5) is 31.1. The third kappa shape index (κ3) is 4.12. The van der Waals surface area contributed by atoms with Crippen LogP contribution in [0.15, 0.2) is 23.6 Å². The molecule has 2 aliphatic rings. The van der Waals surface area contributed by atoms with Crippen molar-refractivity contribution in [3.63, 3.8) is 0 Å². The van der Waals surface area contributed by atoms with Crippen LogP contribution in [-0.2, 0) is 22.4 Å². The first-order valence-electron chi connectivity index (χ1n) is 10.3. The molecule has 0 bridgehead atoms. The predicted molar refractivity (Wildman–Crippen MR) is 112 cm³/mol. The van der Waals surface area contributed by atoms with Crippen LogP contribution in [0.4, 0.5) is 5.13 Å². The molecule has 1 unspecified atom stereocenters. The van der Waals surface area contributed by atoms with Gasteiger partial charge in [0.15, 0.2) is 5.13 Å². The van der Waals surface area contributed by atoms with Crippen molar-refractivity contribution in [1.29, 1.82) is 0 Å². The van der Waals surface area contributed by atoms with Crippen molar-refractivity contribution in [2.45, 2.75) is 51.9 Å². The number of nitrogens with zero attached hydrogens (tertiary/aromatic N) is 2. The Morgan fingerprint density at radius 3 is 2.86 bits per heavy atom. The van der Waals surface area contributed by atoms with Crippen molar-refractivity contribution >= 4 is 28.3 Å². The van der Waals surface area contributed by atoms with Crippen molar-refractivity contribution in [3.8, 4) is 11.3 Å². The van der Waals surface area contributed by atoms with Crippen molar-refractivity contribution in [2.24, 2.45) is 5.92 Å². The zero-order valence-electron chi connectivity index (χ0n) is 16.4. The van der Waals surface area contributed by atoms with E-state index in [1.165, 1.54) is 41.7 Å². The third-order valence-corrected chi connectivity index (χ3v) is 6.58. The normalized spacial score (nSPS) is 19.2. The molecule has 6 heteroatoms. The molecule has 1 atom stereocenters. The number of piperidine rings is 1. The van der Waals surface area contributed by atoms with Crippen LogP contribution in [0.1, 0.15) is 50.2 Å². The van der Waals surface area contributed by atoms with E-state index in [1.54, 1.807) is 0 Å². The van der Waals surface area contributed by atoms with Crippen LogP contribution in [0.3, 0.4) is 0 Å². The van der Waals surface area contributed by atoms with E-state index in [0.29, 0.717) is 18.1 Å². The highest BCUT2D eigenvalue weighted by Crippen LogP contribution is 2.30. The Labute approximate surface area is 170 Å². The Morgan fingerprint density at radius 1 is 1.21 bits per heavy atom. The molecule has 1 aliphatic heterocycles. The van der Waals surface area contributed by atoms with Gasteiger partial charge in [-0.3, -0.25) is 9.59 Å². The van der Waals surface area contributed by atoms with Crippen molar-refractivity contribution in [2.75, 3.05) is 18.4 Å². The Bertz CT molecular complexity index is 876. The molecular weight excluding hydrogens is 370 g/mol. The molecule has 0 radical (unpaired) electrons. The van der Waals surface area contributed by atoms with E-state index >= 15 is 0 Å². The first-order valence-corrected chi connectivity index (χ1v) is 11.2. The Hall–Kier alpha value is -2.21. The summed E-state index contributed by atoms with van der Waals surface area (Å²) in [5, 5.41) is 5.62. The molecule has 28 heavy (non-hydrogen) atoms. The summed E-state index contributed by atoms with van der Waals surface area (Å²) in [6, 6.07) is 6.62. The number of hydrogen-bond acceptors (Lipinski definition) is 4. The highest BCUT2D eigenvalue weighted by Gasteiger charge is 2.28. The highest BCUT2D eigenvalue weighted by molar-refractivity contribution is 7.14. The number of likely N-dealkylation sites (tertiary alicyclic amines) is 1. The number of carbonyl (C=O) groups is 2. The average molecular weight is 398 g/mol. The van der Waals surface area contributed by atoms with Gasteiger partial charge in [-0.05, 0) is 55.7 Å². The lowest BCUT2D eigenvalue weighted by Gasteiger charge is -2.31. The first kappa shape index (κ1) is 19.1. The second-order valence-corrected chi connectivity index (χ2v) is 8.61. The van der Waals surface area contributed by atoms with Gasteiger partial charge >= 0.3 is 0 Å². The van der Waals surface area contributed by atoms with Crippen molar-refractivity contribution in [3.05, 3.63) is 34.7 Å². The molecule has 1 N–H and O–H groups in total. The second-order valence-electron chi connectivity index (χ2n) is 7.75. The largest absolute Gasteiger partial charge is 0.342 e. The van der Waals surface area contributed by atoms with Gasteiger partial charge in [-0.1, -0.05) is 19.1 Å². The summed E-state index contributed by atoms with van der Waals surface area (Å²) in [7, 11) is 0. The first-order chi connectivity index (χ1) is 13.6. The van der Waals surface area contributed by atoms with Crippen LogP contribution in [0, 0.1) is 5.92 Å². The van der Waals surface area contributed by atoms with E-state index in [1.807, 2.05) is 17.2 Å². The highest BCUT2D eigenvalue weighted by atomic mass is 32.1. The minimum atomic E-state index is -0.152. The lowest BCUT2D eigenvalue weighted by atomic mass is 9.90. The van der Waals surface area contributed by atoms with E-state index in [0.717, 1.165) is 37.1 Å². The number of anilines is 1. The van der Waals surface area contributed by atoms with Crippen LogP contribution in [0.2, 0.25) is 0 Å². The molecule has 148 valence electrons. The van der Waals surface area contributed by atoms with Gasteiger partial charge < -0.3 is 10.2 Å². The number of hydrogen-bond donors (Lipinski definition) is 1. The smallest absolute Gasteiger partial charge is 0.231 e. The van der Waals surface area contributed by atoms with E-state index < -0.39 is 0 Å². The van der Waals surface area contributed by atoms with Gasteiger partial charge in [0.1, 0.15) is 0 Å². The van der Waals surface area contributed by atoms with Crippen molar-refractivity contribution in [1.82, 2.24) is 9.88 Å². The molecule has 1 aliphatic carbocycles. The maximum atomic E-state index is 12.7. The fourth-order valence-corrected chi connectivity index (χ4v) is 4.93. The monoisotopic (exact) mass is 397 g/mol. The zero-order valence-corrected chi connectivity index (χ0v) is 17.2. The van der Waals surface area contributed by atoms with Gasteiger partial charge in [0.25, 0.3) is 0 Å². The second kappa shape index (κ2) is 8.43. The molecule has 4 rings (SSSR count). The Morgan fingerprint density at radius 2 is 2.04 bits per heavy atom. The number of amides is 2. The van der Waals surface area contributed by atoms with E-state index in [2.05, 4.69) is 28.5 Å². The number of aromatic nitrogens is 1. The predicted octanol–water partition coefficient (Wildman–Crippen LogP) is 4.28. The Balaban J connectivity index is 1.42. The van der Waals surface area contributed by atoms with Crippen LogP contribution in [0.5, 0.6) is 0 Å². The average Bonchev–Trinajstić information content (AvgIpc) is 3.21. The lowest BCUT2D eigenvalue weighted by molar-refractivity contribution is -0.134. The molecule has 1 fully saturated rings. The minimum Gasteiger partial charge on any atom is -0.342 e. The molecule has 2 amide bonds. The quantitative estimate of drug-likeness (QED) is 0.838. The Kier molecular flexibility index (Phi) is 5.76. The molecule has 5 nitrogen and oxygen atoms in total. The van der Waals surface area contributed by atoms with E-state index in [4.69, 9.17) is 0 Å². The van der Waals surface area contributed by atoms with Gasteiger partial charge in [-0.15, -0.1) is 11.3 Å². The number of nitrogens with one attached hydrogen (secondary N) is 1.